The normalized spacial score (nSPS) is 19.1. The highest BCUT2D eigenvalue weighted by molar-refractivity contribution is 5.84. The van der Waals surface area contributed by atoms with E-state index < -0.39 is 35.3 Å². The highest BCUT2D eigenvalue weighted by atomic mass is 16.6. The Morgan fingerprint density at radius 1 is 0.968 bits per heavy atom. The zero-order chi connectivity index (χ0) is 22.6. The van der Waals surface area contributed by atoms with Crippen LogP contribution in [0.15, 0.2) is 60.7 Å². The lowest BCUT2D eigenvalue weighted by atomic mass is 9.92. The maximum absolute atomic E-state index is 13.1. The number of cyclic esters (lactones) is 1. The second-order valence-corrected chi connectivity index (χ2v) is 9.50. The van der Waals surface area contributed by atoms with Crippen molar-refractivity contribution in [2.24, 2.45) is 5.41 Å². The summed E-state index contributed by atoms with van der Waals surface area (Å²) in [6.07, 6.45) is -1.02. The van der Waals surface area contributed by atoms with E-state index in [2.05, 4.69) is 0 Å². The summed E-state index contributed by atoms with van der Waals surface area (Å²) in [5.41, 5.74) is -0.310. The van der Waals surface area contributed by atoms with Crippen LogP contribution in [0, 0.1) is 5.41 Å². The number of para-hydroxylation sites is 1. The first-order valence-electron chi connectivity index (χ1n) is 10.5. The summed E-state index contributed by atoms with van der Waals surface area (Å²) in [5.74, 6) is 0.255. The standard InChI is InChI=1S/C25H31NO5/c1-24(2,3)22-26(23(28)29-17-18-12-8-6-9-13-18)20(21(27)30-22)16-25(4,5)31-19-14-10-7-11-15-19/h6-15,20,22H,16-17H2,1-5H3/t20-,22+/m0/s1. The average molecular weight is 426 g/mol. The Hall–Kier alpha value is -3.02. The minimum absolute atomic E-state index is 0.123. The van der Waals surface area contributed by atoms with Crippen molar-refractivity contribution in [2.45, 2.75) is 65.5 Å². The fourth-order valence-electron chi connectivity index (χ4n) is 3.63. The maximum Gasteiger partial charge on any atom is 0.413 e. The van der Waals surface area contributed by atoms with Crippen molar-refractivity contribution >= 4 is 12.1 Å². The molecule has 6 heteroatoms. The van der Waals surface area contributed by atoms with Crippen LogP contribution in [0.4, 0.5) is 4.79 Å². The zero-order valence-corrected chi connectivity index (χ0v) is 18.8. The number of rotatable bonds is 6. The lowest BCUT2D eigenvalue weighted by Crippen LogP contribution is -2.50. The number of ether oxygens (including phenoxy) is 3. The summed E-state index contributed by atoms with van der Waals surface area (Å²) in [6.45, 7) is 9.69. The van der Waals surface area contributed by atoms with Crippen molar-refractivity contribution in [3.63, 3.8) is 0 Å². The van der Waals surface area contributed by atoms with Crippen molar-refractivity contribution in [1.82, 2.24) is 4.90 Å². The van der Waals surface area contributed by atoms with E-state index in [1.165, 1.54) is 4.90 Å². The molecule has 0 spiro atoms. The Bertz CT molecular complexity index is 889. The molecule has 0 bridgehead atoms. The summed E-state index contributed by atoms with van der Waals surface area (Å²) >= 11 is 0. The van der Waals surface area contributed by atoms with Crippen LogP contribution in [0.1, 0.15) is 46.6 Å². The molecule has 1 saturated heterocycles. The monoisotopic (exact) mass is 425 g/mol. The molecule has 0 unspecified atom stereocenters. The fraction of sp³-hybridized carbons (Fsp3) is 0.440. The molecule has 0 aliphatic carbocycles. The predicted octanol–water partition coefficient (Wildman–Crippen LogP) is 5.17. The van der Waals surface area contributed by atoms with Crippen LogP contribution >= 0.6 is 0 Å². The maximum atomic E-state index is 13.1. The van der Waals surface area contributed by atoms with Gasteiger partial charge >= 0.3 is 12.1 Å². The summed E-state index contributed by atoms with van der Waals surface area (Å²) in [5, 5.41) is 0. The van der Waals surface area contributed by atoms with E-state index in [1.54, 1.807) is 0 Å². The van der Waals surface area contributed by atoms with E-state index in [1.807, 2.05) is 95.3 Å². The van der Waals surface area contributed by atoms with Gasteiger partial charge in [0.25, 0.3) is 0 Å². The van der Waals surface area contributed by atoms with Gasteiger partial charge in [0.2, 0.25) is 0 Å². The number of hydrogen-bond donors (Lipinski definition) is 0. The smallest absolute Gasteiger partial charge is 0.413 e. The lowest BCUT2D eigenvalue weighted by Gasteiger charge is -2.35. The van der Waals surface area contributed by atoms with Gasteiger partial charge in [0, 0.05) is 11.8 Å². The third kappa shape index (κ3) is 5.78. The van der Waals surface area contributed by atoms with Crippen LogP contribution in [0.25, 0.3) is 0 Å². The predicted molar refractivity (Wildman–Crippen MR) is 117 cm³/mol. The Morgan fingerprint density at radius 2 is 1.55 bits per heavy atom. The zero-order valence-electron chi connectivity index (χ0n) is 18.8. The van der Waals surface area contributed by atoms with Crippen molar-refractivity contribution in [3.8, 4) is 5.75 Å². The van der Waals surface area contributed by atoms with Crippen LogP contribution in [0.5, 0.6) is 5.75 Å². The minimum Gasteiger partial charge on any atom is -0.488 e. The molecule has 2 aromatic carbocycles. The van der Waals surface area contributed by atoms with Gasteiger partial charge in [-0.2, -0.15) is 0 Å². The summed E-state index contributed by atoms with van der Waals surface area (Å²) in [7, 11) is 0. The fourth-order valence-corrected chi connectivity index (χ4v) is 3.63. The number of benzene rings is 2. The average Bonchev–Trinajstić information content (AvgIpc) is 3.03. The molecule has 2 atom stereocenters. The molecule has 3 rings (SSSR count). The molecule has 1 aliphatic heterocycles. The van der Waals surface area contributed by atoms with E-state index in [0.717, 1.165) is 5.56 Å². The Labute approximate surface area is 184 Å². The second-order valence-electron chi connectivity index (χ2n) is 9.50. The van der Waals surface area contributed by atoms with Gasteiger partial charge in [0.15, 0.2) is 6.23 Å². The molecule has 0 N–H and O–H groups in total. The van der Waals surface area contributed by atoms with Crippen LogP contribution in [-0.2, 0) is 20.9 Å². The molecule has 1 aliphatic rings. The third-order valence-corrected chi connectivity index (χ3v) is 5.07. The van der Waals surface area contributed by atoms with Crippen LogP contribution in [0.3, 0.4) is 0 Å². The minimum atomic E-state index is -0.800. The van der Waals surface area contributed by atoms with Gasteiger partial charge in [-0.25, -0.2) is 9.59 Å². The molecular weight excluding hydrogens is 394 g/mol. The number of nitrogens with zero attached hydrogens (tertiary/aromatic N) is 1. The highest BCUT2D eigenvalue weighted by Crippen LogP contribution is 2.36. The van der Waals surface area contributed by atoms with Crippen molar-refractivity contribution < 1.29 is 23.8 Å². The molecule has 31 heavy (non-hydrogen) atoms. The molecule has 166 valence electrons. The molecule has 0 aromatic heterocycles. The van der Waals surface area contributed by atoms with Crippen molar-refractivity contribution in [1.29, 1.82) is 0 Å². The number of esters is 1. The largest absolute Gasteiger partial charge is 0.488 e. The molecule has 0 radical (unpaired) electrons. The van der Waals surface area contributed by atoms with E-state index in [9.17, 15) is 9.59 Å². The lowest BCUT2D eigenvalue weighted by molar-refractivity contribution is -0.147. The third-order valence-electron chi connectivity index (χ3n) is 5.07. The summed E-state index contributed by atoms with van der Waals surface area (Å²) in [6, 6.07) is 18.0. The molecule has 0 saturated carbocycles. The van der Waals surface area contributed by atoms with Gasteiger partial charge in [-0.05, 0) is 31.5 Å². The molecular formula is C25H31NO5. The van der Waals surface area contributed by atoms with Gasteiger partial charge in [0.05, 0.1) is 0 Å². The topological polar surface area (TPSA) is 65.1 Å². The summed E-state index contributed by atoms with van der Waals surface area (Å²) in [4.78, 5) is 27.4. The Morgan fingerprint density at radius 3 is 2.13 bits per heavy atom. The van der Waals surface area contributed by atoms with Crippen LogP contribution in [0.2, 0.25) is 0 Å². The number of hydrogen-bond acceptors (Lipinski definition) is 5. The second kappa shape index (κ2) is 9.00. The van der Waals surface area contributed by atoms with Gasteiger partial charge in [-0.1, -0.05) is 69.3 Å². The van der Waals surface area contributed by atoms with Crippen molar-refractivity contribution in [3.05, 3.63) is 66.2 Å². The first-order chi connectivity index (χ1) is 14.6. The van der Waals surface area contributed by atoms with E-state index in [-0.39, 0.29) is 13.0 Å². The van der Waals surface area contributed by atoms with Gasteiger partial charge in [-0.3, -0.25) is 4.90 Å². The van der Waals surface area contributed by atoms with E-state index in [4.69, 9.17) is 14.2 Å². The van der Waals surface area contributed by atoms with Crippen LogP contribution < -0.4 is 4.74 Å². The highest BCUT2D eigenvalue weighted by Gasteiger charge is 2.52. The van der Waals surface area contributed by atoms with Gasteiger partial charge in [0.1, 0.15) is 24.0 Å². The molecule has 1 amide bonds. The van der Waals surface area contributed by atoms with Crippen LogP contribution in [-0.4, -0.2) is 34.8 Å². The SMILES string of the molecule is CC(C)(C[C@H]1C(=O)O[C@H](C(C)(C)C)N1C(=O)OCc1ccccc1)Oc1ccccc1. The summed E-state index contributed by atoms with van der Waals surface area (Å²) < 4.78 is 17.3. The first kappa shape index (κ1) is 22.7. The van der Waals surface area contributed by atoms with Gasteiger partial charge in [-0.15, -0.1) is 0 Å². The quantitative estimate of drug-likeness (QED) is 0.598. The Balaban J connectivity index is 1.78. The van der Waals surface area contributed by atoms with E-state index >= 15 is 0 Å². The van der Waals surface area contributed by atoms with E-state index in [0.29, 0.717) is 5.75 Å². The number of carbonyl (C=O) groups is 2. The number of amides is 1. The first-order valence-corrected chi connectivity index (χ1v) is 10.5. The number of carbonyl (C=O) groups excluding carboxylic acids is 2. The Kier molecular flexibility index (Phi) is 6.58. The molecule has 2 aromatic rings. The van der Waals surface area contributed by atoms with Crippen molar-refractivity contribution in [2.75, 3.05) is 0 Å². The van der Waals surface area contributed by atoms with Gasteiger partial charge < -0.3 is 14.2 Å². The molecule has 6 nitrogen and oxygen atoms in total. The molecule has 1 heterocycles. The molecule has 1 fully saturated rings.